The summed E-state index contributed by atoms with van der Waals surface area (Å²) in [5, 5.41) is 265. The van der Waals surface area contributed by atoms with Gasteiger partial charge in [-0.25, -0.2) is 0 Å². The molecule has 19 heterocycles. The highest BCUT2D eigenvalue weighted by Crippen LogP contribution is 2.40. The van der Waals surface area contributed by atoms with Gasteiger partial charge in [-0.15, -0.1) is 0 Å². The van der Waals surface area contributed by atoms with Crippen molar-refractivity contribution in [2.24, 2.45) is 0 Å². The summed E-state index contributed by atoms with van der Waals surface area (Å²) in [6, 6.07) is 0. The van der Waals surface area contributed by atoms with Gasteiger partial charge in [-0.05, 0) is 0 Å². The van der Waals surface area contributed by atoms with E-state index in [4.69, 9.17) is 75.8 Å². The second-order valence-corrected chi connectivity index (χ2v) is 22.5. The Bertz CT molecular complexity index is 2140. The van der Waals surface area contributed by atoms with E-state index in [1.807, 2.05) is 0 Å². The summed E-state index contributed by atoms with van der Waals surface area (Å²) in [5.74, 6) is 0. The van der Waals surface area contributed by atoms with Gasteiger partial charge in [0, 0.05) is 0 Å². The zero-order valence-corrected chi connectivity index (χ0v) is 46.0. The predicted molar refractivity (Wildman–Crippen MR) is 261 cm³/mol. The number of rotatable bonds is 8. The summed E-state index contributed by atoms with van der Waals surface area (Å²) in [7, 11) is 0. The molecule has 19 fully saturated rings. The lowest BCUT2D eigenvalue weighted by Gasteiger charge is -2.50. The molecule has 40 atom stereocenters. The Labute approximate surface area is 496 Å². The van der Waals surface area contributed by atoms with Crippen LogP contribution < -0.4 is 0 Å². The number of aliphatic hydroxyl groups is 24. The molecule has 0 aliphatic carbocycles. The van der Waals surface area contributed by atoms with Crippen LogP contribution in [0, 0.1) is 0 Å². The van der Waals surface area contributed by atoms with Gasteiger partial charge in [0.2, 0.25) is 0 Å². The molecular formula is C48H80O40. The van der Waals surface area contributed by atoms with Crippen LogP contribution in [0.5, 0.6) is 0 Å². The molecule has 0 spiro atoms. The topological polar surface area (TPSA) is 633 Å². The van der Waals surface area contributed by atoms with Gasteiger partial charge >= 0.3 is 0 Å². The first kappa shape index (κ1) is 70.7. The van der Waals surface area contributed by atoms with Crippen molar-refractivity contribution in [1.82, 2.24) is 0 Å². The van der Waals surface area contributed by atoms with Crippen LogP contribution >= 0.6 is 0 Å². The van der Waals surface area contributed by atoms with E-state index in [0.29, 0.717) is 0 Å². The smallest absolute Gasteiger partial charge is 0.187 e. The third-order valence-electron chi connectivity index (χ3n) is 16.9. The van der Waals surface area contributed by atoms with Crippen LogP contribution in [-0.4, -0.2) is 421 Å². The highest BCUT2D eigenvalue weighted by Gasteiger charge is 2.60. The van der Waals surface area contributed by atoms with Gasteiger partial charge < -0.3 is 198 Å². The number of hydrogen-bond acceptors (Lipinski definition) is 40. The van der Waals surface area contributed by atoms with Crippen molar-refractivity contribution >= 4 is 0 Å². The SMILES string of the molecule is OCC1O[C@H]2O[C@@H]3C(CO)O[C@H](O[C@@H]4C(CO)O[C@H](O[C@@H]5C(CO)O[C@H](O[C@@H]6C(CO)O[C@H](O[C@@H]7C(CO)O[C@H](O[C@@H]8C(CO)OC(O[C@@H]9C(CO)O[C@H](OC(C2O)[C@@H]1O)C(O)C9O)[C@@H](O)C8O)C(O)C7O)C(O)[C@H]6O)C(O)C5O)C(O)C4O)C(O)C3O. The second kappa shape index (κ2) is 30.0. The van der Waals surface area contributed by atoms with E-state index in [1.54, 1.807) is 0 Å². The molecular weight excluding hydrogens is 1220 g/mol. The maximum Gasteiger partial charge on any atom is 0.187 e. The minimum atomic E-state index is -2.29. The van der Waals surface area contributed by atoms with Crippen LogP contribution in [0.2, 0.25) is 0 Å². The Balaban J connectivity index is 0.990. The molecule has 19 saturated heterocycles. The van der Waals surface area contributed by atoms with Crippen molar-refractivity contribution in [2.75, 3.05) is 52.9 Å². The van der Waals surface area contributed by atoms with Crippen LogP contribution in [0.25, 0.3) is 0 Å². The number of aliphatic hydroxyl groups excluding tert-OH is 24. The van der Waals surface area contributed by atoms with Crippen molar-refractivity contribution < 1.29 is 198 Å². The van der Waals surface area contributed by atoms with Crippen LogP contribution in [0.15, 0.2) is 0 Å². The van der Waals surface area contributed by atoms with E-state index < -0.39 is 299 Å². The third kappa shape index (κ3) is 13.8. The summed E-state index contributed by atoms with van der Waals surface area (Å²) >= 11 is 0. The van der Waals surface area contributed by atoms with E-state index in [0.717, 1.165) is 0 Å². The maximum absolute atomic E-state index is 11.6. The molecule has 24 N–H and O–H groups in total. The van der Waals surface area contributed by atoms with Crippen LogP contribution in [0.4, 0.5) is 0 Å². The first-order chi connectivity index (χ1) is 41.9. The zero-order chi connectivity index (χ0) is 64.1. The van der Waals surface area contributed by atoms with Gasteiger partial charge in [0.15, 0.2) is 50.3 Å². The molecule has 0 aromatic rings. The van der Waals surface area contributed by atoms with Crippen molar-refractivity contribution in [2.45, 2.75) is 246 Å². The Morgan fingerprint density at radius 3 is 0.432 bits per heavy atom. The number of hydrogen-bond donors (Lipinski definition) is 24. The normalized spacial score (nSPS) is 55.4. The predicted octanol–water partition coefficient (Wildman–Crippen LogP) is -17.4. The van der Waals surface area contributed by atoms with Gasteiger partial charge in [-0.2, -0.15) is 0 Å². The van der Waals surface area contributed by atoms with E-state index in [-0.39, 0.29) is 0 Å². The molecule has 0 saturated carbocycles. The molecule has 512 valence electrons. The van der Waals surface area contributed by atoms with Crippen LogP contribution in [0.3, 0.4) is 0 Å². The first-order valence-corrected chi connectivity index (χ1v) is 28.1. The maximum atomic E-state index is 11.6. The third-order valence-corrected chi connectivity index (χ3v) is 16.9. The molecule has 88 heavy (non-hydrogen) atoms. The van der Waals surface area contributed by atoms with E-state index >= 15 is 0 Å². The number of fused-ring (bicyclic) bond motifs is 1. The minimum absolute atomic E-state index is 1.05. The summed E-state index contributed by atoms with van der Waals surface area (Å²) in [6.07, 6.45) is -82.4. The molecule has 16 bridgehead atoms. The highest BCUT2D eigenvalue weighted by atomic mass is 16.8. The lowest BCUT2D eigenvalue weighted by molar-refractivity contribution is -0.399. The molecule has 40 heteroatoms. The molecule has 0 radical (unpaired) electrons. The second-order valence-electron chi connectivity index (χ2n) is 22.5. The van der Waals surface area contributed by atoms with Crippen molar-refractivity contribution in [3.05, 3.63) is 0 Å². The van der Waals surface area contributed by atoms with Gasteiger partial charge in [0.1, 0.15) is 195 Å². The van der Waals surface area contributed by atoms with Crippen molar-refractivity contribution in [3.8, 4) is 0 Å². The average Bonchev–Trinajstić information content (AvgIpc) is 1.70. The highest BCUT2D eigenvalue weighted by molar-refractivity contribution is 5.02. The molecule has 19 aliphatic rings. The van der Waals surface area contributed by atoms with Gasteiger partial charge in [0.25, 0.3) is 0 Å². The van der Waals surface area contributed by atoms with Gasteiger partial charge in [0.05, 0.1) is 52.9 Å². The van der Waals surface area contributed by atoms with Crippen LogP contribution in [0.1, 0.15) is 0 Å². The number of ether oxygens (including phenoxy) is 16. The van der Waals surface area contributed by atoms with Gasteiger partial charge in [-0.3, -0.25) is 0 Å². The average molecular weight is 1300 g/mol. The lowest BCUT2D eigenvalue weighted by Crippen LogP contribution is -2.68. The fourth-order valence-corrected chi connectivity index (χ4v) is 11.9. The largest absolute Gasteiger partial charge is 0.394 e. The molecule has 19 rings (SSSR count). The fraction of sp³-hybridized carbons (Fsp3) is 1.00. The van der Waals surface area contributed by atoms with E-state index in [2.05, 4.69) is 0 Å². The van der Waals surface area contributed by atoms with Crippen molar-refractivity contribution in [1.29, 1.82) is 0 Å². The fourth-order valence-electron chi connectivity index (χ4n) is 11.9. The standard InChI is InChI=1S/C48H80O40/c49-1-9-17(57)40-32(72)48(73-9)87-39-16(8-56)79-46(30(70)23(39)63)85-37-14(6-54)77-44(28(68)21(37)61)83-35-12(4-52)75-42(26(66)19(35)59)81-33-10(2-50)74-41(25(65)18(33)58)82-34-11(3-51)76-43(27(67)20(34)60)84-36-13(5-53)78-45(29(69)22(36)62)86-38-15(7-55)80-47(88-40)31(71)24(38)64/h9-72H,1-8H2/t9?,10?,11?,12?,13?,14?,15?,16?,17-,18-,19?,20?,21?,22?,23?,24?,25?,26?,27?,28?,29+,30?,31?,32?,33-,34-,35-,36-,37-,38-,39-,40?,41-,42-,43-,44-,45?,46-,47-,48+/m1/s1. The Morgan fingerprint density at radius 2 is 0.273 bits per heavy atom. The molecule has 23 unspecified atom stereocenters. The van der Waals surface area contributed by atoms with Crippen molar-refractivity contribution in [3.63, 3.8) is 0 Å². The van der Waals surface area contributed by atoms with Crippen LogP contribution in [-0.2, 0) is 75.8 Å². The molecule has 19 aliphatic heterocycles. The molecule has 0 amide bonds. The molecule has 0 aromatic heterocycles. The van der Waals surface area contributed by atoms with E-state index in [9.17, 15) is 123 Å². The summed E-state index contributed by atoms with van der Waals surface area (Å²) in [5.41, 5.74) is 0. The lowest BCUT2D eigenvalue weighted by atomic mass is 9.95. The zero-order valence-electron chi connectivity index (χ0n) is 46.0. The summed E-state index contributed by atoms with van der Waals surface area (Å²) in [6.45, 7) is -8.67. The first-order valence-electron chi connectivity index (χ1n) is 28.1. The molecule has 0 aromatic carbocycles. The summed E-state index contributed by atoms with van der Waals surface area (Å²) in [4.78, 5) is 0. The summed E-state index contributed by atoms with van der Waals surface area (Å²) < 4.78 is 91.1. The Kier molecular flexibility index (Phi) is 24.1. The minimum Gasteiger partial charge on any atom is -0.394 e. The van der Waals surface area contributed by atoms with Gasteiger partial charge in [-0.1, -0.05) is 0 Å². The van der Waals surface area contributed by atoms with E-state index in [1.165, 1.54) is 0 Å². The molecule has 40 nitrogen and oxygen atoms in total. The quantitative estimate of drug-likeness (QED) is 0.107. The monoisotopic (exact) mass is 1300 g/mol. The Morgan fingerprint density at radius 1 is 0.136 bits per heavy atom. The Hall–Kier alpha value is -1.60.